The maximum Gasteiger partial charge on any atom is 0.310 e. The minimum absolute atomic E-state index is 0.514. The molecule has 0 radical (unpaired) electrons. The standard InChI is InChI=1S/2C15H12ClNO2.3C10H8N2/c2*1-8(15(18)19)9-2-4-11-12-7-10(16)3-5-13(12)17-14(11)6-9;3*1-5-11-6-2-9(1)10-3-7-12-8-4-10/h2*2-8,17H,1H3,(H,18,19);3*1-8H/t2*8-;;;/m10.../s1. The molecule has 12 nitrogen and oxygen atoms in total. The summed E-state index contributed by atoms with van der Waals surface area (Å²) >= 11 is 12.0. The zero-order valence-corrected chi connectivity index (χ0v) is 41.6. The van der Waals surface area contributed by atoms with Crippen molar-refractivity contribution in [3.63, 3.8) is 0 Å². The van der Waals surface area contributed by atoms with E-state index in [1.165, 1.54) is 33.4 Å². The van der Waals surface area contributed by atoms with Crippen LogP contribution in [0.4, 0.5) is 0 Å². The molecule has 2 atom stereocenters. The lowest BCUT2D eigenvalue weighted by atomic mass is 10.00. The fourth-order valence-corrected chi connectivity index (χ4v) is 8.22. The summed E-state index contributed by atoms with van der Waals surface area (Å²) in [5.74, 6) is -2.67. The van der Waals surface area contributed by atoms with E-state index in [-0.39, 0.29) is 0 Å². The number of fused-ring (bicyclic) bond motifs is 6. The highest BCUT2D eigenvalue weighted by molar-refractivity contribution is 6.32. The lowest BCUT2D eigenvalue weighted by molar-refractivity contribution is -0.139. The Hall–Kier alpha value is -9.10. The Balaban J connectivity index is 0.000000125. The number of aromatic amines is 2. The summed E-state index contributed by atoms with van der Waals surface area (Å²) in [5, 5.41) is 23.7. The van der Waals surface area contributed by atoms with Crippen LogP contribution in [0, 0.1) is 0 Å². The van der Waals surface area contributed by atoms with E-state index in [4.69, 9.17) is 33.4 Å². The van der Waals surface area contributed by atoms with Crippen molar-refractivity contribution in [2.24, 2.45) is 0 Å². The summed E-state index contributed by atoms with van der Waals surface area (Å²) < 4.78 is 0. The van der Waals surface area contributed by atoms with Gasteiger partial charge in [-0.2, -0.15) is 0 Å². The lowest BCUT2D eigenvalue weighted by Gasteiger charge is -2.06. The maximum atomic E-state index is 11.0. The normalized spacial score (nSPS) is 11.4. The number of aromatic nitrogens is 8. The molecule has 0 spiro atoms. The van der Waals surface area contributed by atoms with Crippen molar-refractivity contribution in [1.82, 2.24) is 39.9 Å². The average Bonchev–Trinajstić information content (AvgIpc) is 4.01. The lowest BCUT2D eigenvalue weighted by Crippen LogP contribution is -2.06. The van der Waals surface area contributed by atoms with Gasteiger partial charge in [-0.25, -0.2) is 0 Å². The monoisotopic (exact) mass is 1010 g/mol. The van der Waals surface area contributed by atoms with Gasteiger partial charge in [-0.05, 0) is 180 Å². The second kappa shape index (κ2) is 24.8. The molecule has 0 fully saturated rings. The van der Waals surface area contributed by atoms with Crippen LogP contribution in [0.25, 0.3) is 77.0 Å². The number of benzene rings is 4. The quantitative estimate of drug-likeness (QED) is 0.120. The van der Waals surface area contributed by atoms with Gasteiger partial charge in [-0.3, -0.25) is 39.5 Å². The number of carbonyl (C=O) groups is 2. The van der Waals surface area contributed by atoms with E-state index < -0.39 is 23.8 Å². The second-order valence-electron chi connectivity index (χ2n) is 16.8. The number of rotatable bonds is 7. The van der Waals surface area contributed by atoms with E-state index in [2.05, 4.69) is 39.9 Å². The number of H-pyrrole nitrogens is 2. The molecule has 0 aliphatic carbocycles. The number of aliphatic carboxylic acids is 2. The molecule has 0 amide bonds. The number of carboxylic acid groups (broad SMARTS) is 2. The first kappa shape index (κ1) is 51.3. The van der Waals surface area contributed by atoms with Gasteiger partial charge in [0.25, 0.3) is 0 Å². The van der Waals surface area contributed by atoms with Gasteiger partial charge >= 0.3 is 11.9 Å². The molecule has 8 heterocycles. The number of carboxylic acids is 2. The topological polar surface area (TPSA) is 184 Å². The molecule has 12 rings (SSSR count). The fraction of sp³-hybridized carbons (Fsp3) is 0.0667. The van der Waals surface area contributed by atoms with Gasteiger partial charge < -0.3 is 20.2 Å². The van der Waals surface area contributed by atoms with Gasteiger partial charge in [0, 0.05) is 128 Å². The SMILES string of the molecule is C[C@@H](C(=O)O)c1ccc2c(c1)[nH]c1ccc(Cl)cc12.C[C@H](C(=O)O)c1ccc2c(c1)[nH]c1ccc(Cl)cc12.c1cc(-c2ccncc2)ccn1.c1cc(-c2ccncc2)ccn1.c1cc(-c2ccncc2)ccn1. The first-order valence-corrected chi connectivity index (χ1v) is 24.1. The Morgan fingerprint density at radius 3 is 0.851 bits per heavy atom. The third-order valence-corrected chi connectivity index (χ3v) is 12.5. The van der Waals surface area contributed by atoms with Gasteiger partial charge in [0.1, 0.15) is 0 Å². The summed E-state index contributed by atoms with van der Waals surface area (Å²) in [6.45, 7) is 3.37. The first-order valence-electron chi connectivity index (χ1n) is 23.3. The summed E-state index contributed by atoms with van der Waals surface area (Å²) in [6, 6.07) is 46.5. The molecule has 0 saturated heterocycles. The summed E-state index contributed by atoms with van der Waals surface area (Å²) in [6.07, 6.45) is 21.4. The number of halogens is 2. The Labute approximate surface area is 436 Å². The fourth-order valence-electron chi connectivity index (χ4n) is 7.88. The van der Waals surface area contributed by atoms with Crippen molar-refractivity contribution in [3.8, 4) is 33.4 Å². The van der Waals surface area contributed by atoms with Crippen LogP contribution in [0.1, 0.15) is 36.8 Å². The van der Waals surface area contributed by atoms with Crippen molar-refractivity contribution in [2.75, 3.05) is 0 Å². The minimum atomic E-state index is -0.821. The Bertz CT molecular complexity index is 3310. The zero-order chi connectivity index (χ0) is 51.8. The van der Waals surface area contributed by atoms with Crippen LogP contribution < -0.4 is 0 Å². The first-order chi connectivity index (χ1) is 36.0. The van der Waals surface area contributed by atoms with Crippen molar-refractivity contribution in [2.45, 2.75) is 25.7 Å². The van der Waals surface area contributed by atoms with Gasteiger partial charge in [0.05, 0.1) is 11.8 Å². The van der Waals surface area contributed by atoms with Crippen molar-refractivity contribution >= 4 is 78.8 Å². The van der Waals surface area contributed by atoms with Crippen LogP contribution in [0.15, 0.2) is 220 Å². The molecule has 366 valence electrons. The summed E-state index contributed by atoms with van der Waals surface area (Å²) in [4.78, 5) is 52.4. The van der Waals surface area contributed by atoms with Crippen molar-refractivity contribution in [3.05, 3.63) is 241 Å². The van der Waals surface area contributed by atoms with E-state index in [9.17, 15) is 9.59 Å². The van der Waals surface area contributed by atoms with Crippen molar-refractivity contribution in [1.29, 1.82) is 0 Å². The van der Waals surface area contributed by atoms with Crippen LogP contribution in [-0.4, -0.2) is 62.0 Å². The molecule has 4 aromatic carbocycles. The summed E-state index contributed by atoms with van der Waals surface area (Å²) in [7, 11) is 0. The predicted molar refractivity (Wildman–Crippen MR) is 296 cm³/mol. The Kier molecular flexibility index (Phi) is 17.2. The molecule has 74 heavy (non-hydrogen) atoms. The zero-order valence-electron chi connectivity index (χ0n) is 40.1. The van der Waals surface area contributed by atoms with Crippen LogP contribution in [0.5, 0.6) is 0 Å². The third kappa shape index (κ3) is 13.2. The maximum absolute atomic E-state index is 11.0. The molecule has 4 N–H and O–H groups in total. The molecule has 14 heteroatoms. The molecule has 0 bridgehead atoms. The largest absolute Gasteiger partial charge is 0.481 e. The molecule has 12 aromatic rings. The Morgan fingerprint density at radius 2 is 0.608 bits per heavy atom. The molecule has 0 aliphatic rings. The average molecular weight is 1020 g/mol. The highest BCUT2D eigenvalue weighted by Crippen LogP contribution is 2.32. The Morgan fingerprint density at radius 1 is 0.351 bits per heavy atom. The van der Waals surface area contributed by atoms with E-state index in [0.717, 1.165) is 54.7 Å². The molecule has 0 aliphatic heterocycles. The van der Waals surface area contributed by atoms with Gasteiger partial charge in [-0.15, -0.1) is 0 Å². The van der Waals surface area contributed by atoms with E-state index >= 15 is 0 Å². The number of nitrogens with zero attached hydrogens (tertiary/aromatic N) is 6. The van der Waals surface area contributed by atoms with Crippen LogP contribution in [0.3, 0.4) is 0 Å². The van der Waals surface area contributed by atoms with Crippen LogP contribution in [0.2, 0.25) is 10.0 Å². The minimum Gasteiger partial charge on any atom is -0.481 e. The van der Waals surface area contributed by atoms with Gasteiger partial charge in [0.2, 0.25) is 0 Å². The smallest absolute Gasteiger partial charge is 0.310 e. The summed E-state index contributed by atoms with van der Waals surface area (Å²) in [5.41, 5.74) is 12.5. The van der Waals surface area contributed by atoms with E-state index in [1.54, 1.807) is 88.2 Å². The number of hydrogen-bond acceptors (Lipinski definition) is 8. The number of pyridine rings is 6. The molecule has 0 unspecified atom stereocenters. The highest BCUT2D eigenvalue weighted by atomic mass is 35.5. The third-order valence-electron chi connectivity index (χ3n) is 12.0. The predicted octanol–water partition coefficient (Wildman–Crippen LogP) is 14.8. The molecular formula is C60H48Cl2N8O4. The second-order valence-corrected chi connectivity index (χ2v) is 17.6. The number of nitrogens with one attached hydrogen (secondary N) is 2. The molecular weight excluding hydrogens is 968 g/mol. The molecule has 8 aromatic heterocycles. The van der Waals surface area contributed by atoms with Crippen LogP contribution in [-0.2, 0) is 9.59 Å². The van der Waals surface area contributed by atoms with E-state index in [0.29, 0.717) is 10.0 Å². The van der Waals surface area contributed by atoms with Crippen molar-refractivity contribution < 1.29 is 19.8 Å². The van der Waals surface area contributed by atoms with Gasteiger partial charge in [-0.1, -0.05) is 47.5 Å². The van der Waals surface area contributed by atoms with E-state index in [1.807, 2.05) is 146 Å². The van der Waals surface area contributed by atoms with Gasteiger partial charge in [0.15, 0.2) is 0 Å². The highest BCUT2D eigenvalue weighted by Gasteiger charge is 2.16. The number of hydrogen-bond donors (Lipinski definition) is 4. The van der Waals surface area contributed by atoms with Crippen LogP contribution >= 0.6 is 23.2 Å². The molecule has 0 saturated carbocycles.